The van der Waals surface area contributed by atoms with Gasteiger partial charge in [0.15, 0.2) is 0 Å². The topological polar surface area (TPSA) is 96.0 Å². The lowest BCUT2D eigenvalue weighted by molar-refractivity contribution is -0.141. The van der Waals surface area contributed by atoms with Gasteiger partial charge in [0.2, 0.25) is 21.8 Å². The fraction of sp³-hybridized carbons (Fsp3) is 0.500. The molecule has 210 valence electrons. The summed E-state index contributed by atoms with van der Waals surface area (Å²) in [6.07, 6.45) is 3.77. The van der Waals surface area contributed by atoms with Gasteiger partial charge < -0.3 is 15.0 Å². The number of rotatable bonds is 15. The third-order valence-corrected chi connectivity index (χ3v) is 7.98. The van der Waals surface area contributed by atoms with Gasteiger partial charge in [-0.05, 0) is 61.6 Å². The number of nitrogens with zero attached hydrogens (tertiary/aromatic N) is 2. The van der Waals surface area contributed by atoms with E-state index >= 15 is 0 Å². The number of carbonyl (C=O) groups is 2. The number of ether oxygens (including phenoxy) is 1. The number of nitrogens with one attached hydrogen (secondary N) is 1. The number of benzene rings is 2. The van der Waals surface area contributed by atoms with Gasteiger partial charge in [-0.2, -0.15) is 0 Å². The normalized spacial score (nSPS) is 12.1. The minimum Gasteiger partial charge on any atom is -0.497 e. The largest absolute Gasteiger partial charge is 0.497 e. The van der Waals surface area contributed by atoms with E-state index in [0.717, 1.165) is 24.7 Å². The standard InChI is InChI=1S/C28H40ClN3O5S/c1-6-8-18-30-28(34)25(7-2)31(20-22-14-16-23(37-4)17-15-22)27(33)13-10-19-32(38(5,35)36)26-12-9-11-24(29)21(26)3/h9,11-12,14-17,25H,6-8,10,13,18-20H2,1-5H3,(H,30,34)/t25-/m1/s1. The maximum Gasteiger partial charge on any atom is 0.242 e. The SMILES string of the molecule is CCCCNC(=O)[C@@H](CC)N(Cc1ccc(OC)cc1)C(=O)CCCN(c1cccc(Cl)c1C)S(C)(=O)=O. The maximum absolute atomic E-state index is 13.5. The highest BCUT2D eigenvalue weighted by Gasteiger charge is 2.29. The average Bonchev–Trinajstić information content (AvgIpc) is 2.88. The number of hydrogen-bond acceptors (Lipinski definition) is 5. The number of unbranched alkanes of at least 4 members (excludes halogenated alkanes) is 1. The highest BCUT2D eigenvalue weighted by Crippen LogP contribution is 2.28. The summed E-state index contributed by atoms with van der Waals surface area (Å²) in [6, 6.07) is 11.8. The second-order valence-corrected chi connectivity index (χ2v) is 11.6. The molecule has 2 aromatic rings. The molecule has 0 saturated carbocycles. The Bertz CT molecular complexity index is 1170. The molecule has 2 rings (SSSR count). The molecule has 0 bridgehead atoms. The lowest BCUT2D eigenvalue weighted by Crippen LogP contribution is -2.49. The molecule has 0 aromatic heterocycles. The Balaban J connectivity index is 2.23. The summed E-state index contributed by atoms with van der Waals surface area (Å²) in [6.45, 7) is 6.62. The molecule has 2 aromatic carbocycles. The lowest BCUT2D eigenvalue weighted by Gasteiger charge is -2.31. The van der Waals surface area contributed by atoms with E-state index in [1.807, 2.05) is 38.1 Å². The van der Waals surface area contributed by atoms with Crippen molar-refractivity contribution < 1.29 is 22.7 Å². The van der Waals surface area contributed by atoms with Crippen LogP contribution >= 0.6 is 11.6 Å². The summed E-state index contributed by atoms with van der Waals surface area (Å²) in [7, 11) is -2.02. The monoisotopic (exact) mass is 565 g/mol. The summed E-state index contributed by atoms with van der Waals surface area (Å²) < 4.78 is 31.7. The molecule has 0 aliphatic carbocycles. The molecule has 0 radical (unpaired) electrons. The second kappa shape index (κ2) is 15.0. The Labute approximate surface area is 232 Å². The van der Waals surface area contributed by atoms with Gasteiger partial charge in [0.25, 0.3) is 0 Å². The first kappa shape index (κ1) is 31.4. The molecule has 0 spiro atoms. The van der Waals surface area contributed by atoms with Crippen LogP contribution in [0.2, 0.25) is 5.02 Å². The molecule has 0 saturated heterocycles. The van der Waals surface area contributed by atoms with Crippen LogP contribution < -0.4 is 14.4 Å². The zero-order valence-electron chi connectivity index (χ0n) is 23.0. The first-order valence-electron chi connectivity index (χ1n) is 13.0. The Hall–Kier alpha value is -2.78. The summed E-state index contributed by atoms with van der Waals surface area (Å²) in [5.74, 6) is 0.304. The lowest BCUT2D eigenvalue weighted by atomic mass is 10.1. The van der Waals surface area contributed by atoms with Crippen LogP contribution in [0, 0.1) is 6.92 Å². The average molecular weight is 566 g/mol. The zero-order chi connectivity index (χ0) is 28.3. The number of halogens is 1. The van der Waals surface area contributed by atoms with Crippen LogP contribution in [0.4, 0.5) is 5.69 Å². The van der Waals surface area contributed by atoms with E-state index in [2.05, 4.69) is 5.32 Å². The number of amides is 2. The second-order valence-electron chi connectivity index (χ2n) is 9.26. The molecule has 8 nitrogen and oxygen atoms in total. The Kier molecular flexibility index (Phi) is 12.4. The molecule has 2 amide bonds. The number of sulfonamides is 1. The summed E-state index contributed by atoms with van der Waals surface area (Å²) >= 11 is 6.23. The first-order chi connectivity index (χ1) is 18.0. The van der Waals surface area contributed by atoms with Gasteiger partial charge in [-0.15, -0.1) is 0 Å². The molecule has 0 fully saturated rings. The van der Waals surface area contributed by atoms with Gasteiger partial charge in [0, 0.05) is 31.1 Å². The highest BCUT2D eigenvalue weighted by molar-refractivity contribution is 7.92. The van der Waals surface area contributed by atoms with Gasteiger partial charge in [0.1, 0.15) is 11.8 Å². The molecular weight excluding hydrogens is 526 g/mol. The van der Waals surface area contributed by atoms with E-state index in [9.17, 15) is 18.0 Å². The van der Waals surface area contributed by atoms with Crippen molar-refractivity contribution in [1.29, 1.82) is 0 Å². The molecular formula is C28H40ClN3O5S. The van der Waals surface area contributed by atoms with Gasteiger partial charge in [-0.25, -0.2) is 8.42 Å². The third kappa shape index (κ3) is 8.91. The van der Waals surface area contributed by atoms with Crippen molar-refractivity contribution in [2.75, 3.05) is 30.8 Å². The number of anilines is 1. The predicted octanol–water partition coefficient (Wildman–Crippen LogP) is 4.93. The van der Waals surface area contributed by atoms with Crippen molar-refractivity contribution >= 4 is 39.1 Å². The van der Waals surface area contributed by atoms with Crippen molar-refractivity contribution in [3.63, 3.8) is 0 Å². The minimum absolute atomic E-state index is 0.0839. The van der Waals surface area contributed by atoms with Crippen LogP contribution in [0.1, 0.15) is 57.1 Å². The van der Waals surface area contributed by atoms with Crippen molar-refractivity contribution in [3.8, 4) is 5.75 Å². The number of hydrogen-bond donors (Lipinski definition) is 1. The Morgan fingerprint density at radius 2 is 1.76 bits per heavy atom. The van der Waals surface area contributed by atoms with Gasteiger partial charge in [0.05, 0.1) is 19.1 Å². The summed E-state index contributed by atoms with van der Waals surface area (Å²) in [5, 5.41) is 3.42. The van der Waals surface area contributed by atoms with E-state index in [0.29, 0.717) is 35.0 Å². The Morgan fingerprint density at radius 1 is 1.08 bits per heavy atom. The van der Waals surface area contributed by atoms with Crippen LogP contribution in [0.15, 0.2) is 42.5 Å². The minimum atomic E-state index is -3.60. The summed E-state index contributed by atoms with van der Waals surface area (Å²) in [5.41, 5.74) is 2.01. The molecule has 0 aliphatic heterocycles. The van der Waals surface area contributed by atoms with Crippen LogP contribution in [-0.4, -0.2) is 57.6 Å². The van der Waals surface area contributed by atoms with Crippen molar-refractivity contribution in [2.24, 2.45) is 0 Å². The van der Waals surface area contributed by atoms with E-state index < -0.39 is 16.1 Å². The molecule has 1 atom stereocenters. The number of methoxy groups -OCH3 is 1. The van der Waals surface area contributed by atoms with E-state index in [1.165, 1.54) is 4.31 Å². The third-order valence-electron chi connectivity index (χ3n) is 6.39. The highest BCUT2D eigenvalue weighted by atomic mass is 35.5. The number of carbonyl (C=O) groups excluding carboxylic acids is 2. The quantitative estimate of drug-likeness (QED) is 0.309. The predicted molar refractivity (Wildman–Crippen MR) is 153 cm³/mol. The van der Waals surface area contributed by atoms with Crippen LogP contribution in [0.5, 0.6) is 5.75 Å². The summed E-state index contributed by atoms with van der Waals surface area (Å²) in [4.78, 5) is 28.2. The smallest absolute Gasteiger partial charge is 0.242 e. The Morgan fingerprint density at radius 3 is 2.34 bits per heavy atom. The zero-order valence-corrected chi connectivity index (χ0v) is 24.6. The molecule has 0 heterocycles. The van der Waals surface area contributed by atoms with Crippen molar-refractivity contribution in [2.45, 2.75) is 65.5 Å². The fourth-order valence-corrected chi connectivity index (χ4v) is 5.39. The first-order valence-corrected chi connectivity index (χ1v) is 15.2. The van der Waals surface area contributed by atoms with Gasteiger partial charge in [-0.3, -0.25) is 13.9 Å². The van der Waals surface area contributed by atoms with E-state index in [1.54, 1.807) is 37.1 Å². The molecule has 1 N–H and O–H groups in total. The van der Waals surface area contributed by atoms with Crippen LogP contribution in [0.25, 0.3) is 0 Å². The van der Waals surface area contributed by atoms with Gasteiger partial charge >= 0.3 is 0 Å². The van der Waals surface area contributed by atoms with Crippen molar-refractivity contribution in [1.82, 2.24) is 10.2 Å². The van der Waals surface area contributed by atoms with E-state index in [4.69, 9.17) is 16.3 Å². The molecule has 10 heteroatoms. The van der Waals surface area contributed by atoms with E-state index in [-0.39, 0.29) is 37.7 Å². The van der Waals surface area contributed by atoms with Crippen LogP contribution in [0.3, 0.4) is 0 Å². The van der Waals surface area contributed by atoms with Crippen molar-refractivity contribution in [3.05, 3.63) is 58.6 Å². The van der Waals surface area contributed by atoms with Gasteiger partial charge in [-0.1, -0.05) is 50.1 Å². The fourth-order valence-electron chi connectivity index (χ4n) is 4.20. The molecule has 38 heavy (non-hydrogen) atoms. The molecule has 0 aliphatic rings. The molecule has 0 unspecified atom stereocenters. The maximum atomic E-state index is 13.5. The van der Waals surface area contributed by atoms with Crippen LogP contribution in [-0.2, 0) is 26.2 Å².